The molecule has 0 spiro atoms. The molecule has 3 heterocycles. The van der Waals surface area contributed by atoms with Crippen LogP contribution in [0.3, 0.4) is 0 Å². The number of aromatic nitrogens is 2. The van der Waals surface area contributed by atoms with Gasteiger partial charge < -0.3 is 19.9 Å². The number of rotatable bonds is 3. The first kappa shape index (κ1) is 29.1. The quantitative estimate of drug-likeness (QED) is 0.508. The Morgan fingerprint density at radius 1 is 1.10 bits per heavy atom. The van der Waals surface area contributed by atoms with E-state index in [1.807, 2.05) is 17.2 Å². The highest BCUT2D eigenvalue weighted by Gasteiger charge is 2.36. The number of nitrogens with zero attached hydrogens (tertiary/aromatic N) is 5. The second-order valence-electron chi connectivity index (χ2n) is 10.4. The summed E-state index contributed by atoms with van der Waals surface area (Å²) >= 11 is 0. The van der Waals surface area contributed by atoms with Crippen LogP contribution in [0.5, 0.6) is 5.75 Å². The molecule has 0 saturated carbocycles. The van der Waals surface area contributed by atoms with Crippen LogP contribution in [0.2, 0.25) is 0 Å². The van der Waals surface area contributed by atoms with Crippen molar-refractivity contribution >= 4 is 17.7 Å². The van der Waals surface area contributed by atoms with Crippen LogP contribution in [-0.4, -0.2) is 94.1 Å². The van der Waals surface area contributed by atoms with Gasteiger partial charge in [-0.1, -0.05) is 18.2 Å². The highest BCUT2D eigenvalue weighted by Crippen LogP contribution is 2.33. The fourth-order valence-electron chi connectivity index (χ4n) is 5.20. The number of hydrogen-bond acceptors (Lipinski definition) is 6. The van der Waals surface area contributed by atoms with Gasteiger partial charge in [0.25, 0.3) is 11.8 Å². The first-order chi connectivity index (χ1) is 20.1. The summed E-state index contributed by atoms with van der Waals surface area (Å²) in [5.41, 5.74) is 0.136. The van der Waals surface area contributed by atoms with Crippen LogP contribution in [0.1, 0.15) is 31.8 Å². The number of nitrogens with one attached hydrogen (secondary N) is 1. The minimum absolute atomic E-state index is 0.0269. The van der Waals surface area contributed by atoms with Gasteiger partial charge in [0.15, 0.2) is 0 Å². The molecule has 0 bridgehead atoms. The van der Waals surface area contributed by atoms with Crippen molar-refractivity contribution in [3.63, 3.8) is 0 Å². The van der Waals surface area contributed by atoms with Crippen LogP contribution >= 0.6 is 0 Å². The molecular weight excluding hydrogens is 553 g/mol. The van der Waals surface area contributed by atoms with E-state index in [0.717, 1.165) is 23.8 Å². The molecule has 3 aromatic rings. The van der Waals surface area contributed by atoms with Crippen LogP contribution in [0.25, 0.3) is 0 Å². The number of amides is 3. The van der Waals surface area contributed by atoms with E-state index in [9.17, 15) is 27.6 Å². The largest absolute Gasteiger partial charge is 0.491 e. The number of fused-ring (bicyclic) bond motifs is 2. The van der Waals surface area contributed by atoms with Gasteiger partial charge in [0.05, 0.1) is 29.9 Å². The van der Waals surface area contributed by atoms with Crippen molar-refractivity contribution in [1.82, 2.24) is 29.8 Å². The van der Waals surface area contributed by atoms with Gasteiger partial charge in [-0.25, -0.2) is 0 Å². The molecule has 2 aliphatic heterocycles. The lowest BCUT2D eigenvalue weighted by atomic mass is 10.1. The van der Waals surface area contributed by atoms with E-state index in [-0.39, 0.29) is 62.5 Å². The van der Waals surface area contributed by atoms with Crippen LogP contribution in [-0.2, 0) is 24.6 Å². The molecule has 0 radical (unpaired) electrons. The van der Waals surface area contributed by atoms with Gasteiger partial charge in [0.2, 0.25) is 5.91 Å². The zero-order valence-corrected chi connectivity index (χ0v) is 23.0. The van der Waals surface area contributed by atoms with Gasteiger partial charge in [-0.2, -0.15) is 18.3 Å². The molecule has 2 aliphatic rings. The van der Waals surface area contributed by atoms with Crippen molar-refractivity contribution in [3.8, 4) is 5.75 Å². The van der Waals surface area contributed by atoms with Crippen LogP contribution in [0.15, 0.2) is 60.9 Å². The van der Waals surface area contributed by atoms with Gasteiger partial charge in [0, 0.05) is 63.6 Å². The van der Waals surface area contributed by atoms with Crippen LogP contribution in [0, 0.1) is 0 Å². The number of aryl methyl sites for hydroxylation is 1. The number of hydrogen-bond donors (Lipinski definition) is 1. The van der Waals surface area contributed by atoms with E-state index in [4.69, 9.17) is 4.74 Å². The summed E-state index contributed by atoms with van der Waals surface area (Å²) in [5.74, 6) is -1.13. The number of benzene rings is 2. The molecule has 1 saturated heterocycles. The molecule has 3 amide bonds. The van der Waals surface area contributed by atoms with Crippen molar-refractivity contribution in [3.05, 3.63) is 83.2 Å². The Kier molecular flexibility index (Phi) is 8.48. The van der Waals surface area contributed by atoms with Gasteiger partial charge in [-0.05, 0) is 30.3 Å². The maximum Gasteiger partial charge on any atom is 0.416 e. The molecule has 1 aromatic heterocycles. The molecule has 42 heavy (non-hydrogen) atoms. The summed E-state index contributed by atoms with van der Waals surface area (Å²) in [6.45, 7) is 1.34. The Hall–Kier alpha value is -4.39. The molecule has 0 unspecified atom stereocenters. The first-order valence-electron chi connectivity index (χ1n) is 13.5. The summed E-state index contributed by atoms with van der Waals surface area (Å²) < 4.78 is 48.1. The lowest BCUT2D eigenvalue weighted by Gasteiger charge is -2.42. The van der Waals surface area contributed by atoms with E-state index in [1.165, 1.54) is 0 Å². The van der Waals surface area contributed by atoms with Crippen molar-refractivity contribution in [2.75, 3.05) is 45.9 Å². The third-order valence-corrected chi connectivity index (χ3v) is 7.33. The number of piperazine rings is 1. The van der Waals surface area contributed by atoms with Crippen molar-refractivity contribution in [1.29, 1.82) is 0 Å². The lowest BCUT2D eigenvalue weighted by Crippen LogP contribution is -2.60. The molecule has 10 nitrogen and oxygen atoms in total. The van der Waals surface area contributed by atoms with Gasteiger partial charge in [0.1, 0.15) is 12.4 Å². The van der Waals surface area contributed by atoms with E-state index < -0.39 is 23.7 Å². The second kappa shape index (κ2) is 12.2. The first-order valence-corrected chi connectivity index (χ1v) is 13.5. The Bertz CT molecular complexity index is 1440. The fourth-order valence-corrected chi connectivity index (χ4v) is 5.20. The standard InChI is InChI=1S/C29H31F3N6O4/c1-35-15-20(14-34-35)16-36-10-9-33-27(40)24-13-22(29(30,31)32)7-8-25(24)42-19-23-17-37(11-12-38(23)26(39)18-36)28(41)21-5-3-2-4-6-21/h2-8,13-15,23H,9-12,16-19H2,1H3,(H,33,40)/t23-/m0/s1. The second-order valence-corrected chi connectivity index (χ2v) is 10.4. The average Bonchev–Trinajstić information content (AvgIpc) is 3.39. The third-order valence-electron chi connectivity index (χ3n) is 7.33. The number of halogens is 3. The molecule has 1 atom stereocenters. The number of alkyl halides is 3. The maximum atomic E-state index is 13.7. The van der Waals surface area contributed by atoms with Crippen LogP contribution in [0.4, 0.5) is 13.2 Å². The van der Waals surface area contributed by atoms with Crippen molar-refractivity contribution in [2.24, 2.45) is 7.05 Å². The van der Waals surface area contributed by atoms with E-state index in [1.54, 1.807) is 52.0 Å². The summed E-state index contributed by atoms with van der Waals surface area (Å²) in [7, 11) is 1.78. The smallest absolute Gasteiger partial charge is 0.416 e. The molecular formula is C29H31F3N6O4. The van der Waals surface area contributed by atoms with Crippen molar-refractivity contribution in [2.45, 2.75) is 18.8 Å². The summed E-state index contributed by atoms with van der Waals surface area (Å²) in [4.78, 5) is 45.1. The molecule has 1 N–H and O–H groups in total. The lowest BCUT2D eigenvalue weighted by molar-refractivity contribution is -0.138. The third kappa shape index (κ3) is 6.73. The highest BCUT2D eigenvalue weighted by molar-refractivity contribution is 5.97. The SMILES string of the molecule is Cn1cc(CN2CCNC(=O)c3cc(C(F)(F)F)ccc3OC[C@@H]3CN(C(=O)c4ccccc4)CCN3C(=O)C2)cn1. The average molecular weight is 585 g/mol. The Balaban J connectivity index is 1.45. The Morgan fingerprint density at radius 2 is 1.88 bits per heavy atom. The fraction of sp³-hybridized carbons (Fsp3) is 0.379. The zero-order valence-electron chi connectivity index (χ0n) is 23.0. The normalized spacial score (nSPS) is 19.0. The van der Waals surface area contributed by atoms with Crippen LogP contribution < -0.4 is 10.1 Å². The summed E-state index contributed by atoms with van der Waals surface area (Å²) in [6.07, 6.45) is -1.14. The van der Waals surface area contributed by atoms with E-state index in [0.29, 0.717) is 18.7 Å². The maximum absolute atomic E-state index is 13.7. The molecule has 0 aliphatic carbocycles. The number of ether oxygens (including phenoxy) is 1. The predicted octanol–water partition coefficient (Wildman–Crippen LogP) is 2.42. The van der Waals surface area contributed by atoms with E-state index in [2.05, 4.69) is 10.4 Å². The molecule has 13 heteroatoms. The van der Waals surface area contributed by atoms with E-state index >= 15 is 0 Å². The van der Waals surface area contributed by atoms with Gasteiger partial charge >= 0.3 is 6.18 Å². The zero-order chi connectivity index (χ0) is 29.9. The van der Waals surface area contributed by atoms with Crippen molar-refractivity contribution < 1.29 is 32.3 Å². The minimum Gasteiger partial charge on any atom is -0.491 e. The predicted molar refractivity (Wildman–Crippen MR) is 146 cm³/mol. The van der Waals surface area contributed by atoms with Gasteiger partial charge in [-0.15, -0.1) is 0 Å². The topological polar surface area (TPSA) is 100 Å². The molecule has 5 rings (SSSR count). The van der Waals surface area contributed by atoms with Gasteiger partial charge in [-0.3, -0.25) is 24.0 Å². The Morgan fingerprint density at radius 3 is 2.60 bits per heavy atom. The minimum atomic E-state index is -4.65. The monoisotopic (exact) mass is 584 g/mol. The number of carbonyl (C=O) groups excluding carboxylic acids is 3. The summed E-state index contributed by atoms with van der Waals surface area (Å²) in [5, 5.41) is 6.84. The Labute approximate surface area is 240 Å². The molecule has 2 aromatic carbocycles. The summed E-state index contributed by atoms with van der Waals surface area (Å²) in [6, 6.07) is 10.9. The molecule has 1 fully saturated rings. The number of carbonyl (C=O) groups is 3. The highest BCUT2D eigenvalue weighted by atomic mass is 19.4. The molecule has 222 valence electrons.